The van der Waals surface area contributed by atoms with Crippen molar-refractivity contribution in [1.82, 2.24) is 0 Å². The van der Waals surface area contributed by atoms with Crippen LogP contribution in [0.15, 0.2) is 18.2 Å². The third kappa shape index (κ3) is 1.30. The van der Waals surface area contributed by atoms with E-state index >= 15 is 0 Å². The second kappa shape index (κ2) is 3.62. The molecule has 0 spiro atoms. The minimum atomic E-state index is 0.996. The maximum absolute atomic E-state index is 5.37. The van der Waals surface area contributed by atoms with Crippen molar-refractivity contribution < 1.29 is 4.74 Å². The first kappa shape index (κ1) is 9.53. The third-order valence-electron chi connectivity index (χ3n) is 2.56. The van der Waals surface area contributed by atoms with Gasteiger partial charge in [0.05, 0.1) is 7.11 Å². The van der Waals surface area contributed by atoms with Crippen LogP contribution in [0, 0.1) is 6.92 Å². The van der Waals surface area contributed by atoms with Crippen LogP contribution < -0.4 is 4.74 Å². The van der Waals surface area contributed by atoms with Gasteiger partial charge < -0.3 is 4.74 Å². The molecule has 0 atom stereocenters. The Hall–Kier alpha value is -1.02. The highest BCUT2D eigenvalue weighted by molar-refractivity contribution is 7.19. The number of hydrogen-bond acceptors (Lipinski definition) is 2. The quantitative estimate of drug-likeness (QED) is 0.726. The summed E-state index contributed by atoms with van der Waals surface area (Å²) < 4.78 is 6.70. The van der Waals surface area contributed by atoms with Gasteiger partial charge in [-0.2, -0.15) is 0 Å². The maximum Gasteiger partial charge on any atom is 0.127 e. The minimum Gasteiger partial charge on any atom is -0.496 e. The van der Waals surface area contributed by atoms with E-state index < -0.39 is 0 Å². The molecule has 0 aliphatic heterocycles. The van der Waals surface area contributed by atoms with E-state index in [9.17, 15) is 0 Å². The van der Waals surface area contributed by atoms with Crippen molar-refractivity contribution in [2.24, 2.45) is 0 Å². The van der Waals surface area contributed by atoms with Crippen molar-refractivity contribution in [3.05, 3.63) is 28.6 Å². The number of rotatable bonds is 2. The van der Waals surface area contributed by atoms with Crippen LogP contribution >= 0.6 is 11.3 Å². The van der Waals surface area contributed by atoms with E-state index in [1.807, 2.05) is 17.4 Å². The Labute approximate surface area is 88.3 Å². The number of aryl methyl sites for hydroxylation is 2. The molecule has 2 aromatic rings. The van der Waals surface area contributed by atoms with E-state index in [0.29, 0.717) is 0 Å². The second-order valence-electron chi connectivity index (χ2n) is 3.34. The Morgan fingerprint density at radius 3 is 2.79 bits per heavy atom. The zero-order valence-electron chi connectivity index (χ0n) is 8.76. The lowest BCUT2D eigenvalue weighted by molar-refractivity contribution is 0.419. The number of ether oxygens (including phenoxy) is 1. The van der Waals surface area contributed by atoms with E-state index in [0.717, 1.165) is 12.2 Å². The molecule has 14 heavy (non-hydrogen) atoms. The van der Waals surface area contributed by atoms with Crippen LogP contribution in [0.25, 0.3) is 10.1 Å². The molecule has 1 aromatic heterocycles. The summed E-state index contributed by atoms with van der Waals surface area (Å²) in [6, 6.07) is 6.24. The predicted octanol–water partition coefficient (Wildman–Crippen LogP) is 3.78. The Balaban J connectivity index is 2.79. The largest absolute Gasteiger partial charge is 0.496 e. The summed E-state index contributed by atoms with van der Waals surface area (Å²) in [5, 5.41) is 1.29. The van der Waals surface area contributed by atoms with Gasteiger partial charge in [0.1, 0.15) is 5.75 Å². The smallest absolute Gasteiger partial charge is 0.127 e. The summed E-state index contributed by atoms with van der Waals surface area (Å²) in [5.41, 5.74) is 1.38. The third-order valence-corrected chi connectivity index (χ3v) is 3.96. The van der Waals surface area contributed by atoms with Crippen LogP contribution in [0.5, 0.6) is 5.75 Å². The minimum absolute atomic E-state index is 0.996. The fraction of sp³-hybridized carbons (Fsp3) is 0.333. The number of benzene rings is 1. The summed E-state index contributed by atoms with van der Waals surface area (Å²) in [7, 11) is 1.73. The number of methoxy groups -OCH3 is 1. The first-order valence-electron chi connectivity index (χ1n) is 4.83. The van der Waals surface area contributed by atoms with Crippen molar-refractivity contribution in [3.8, 4) is 5.75 Å². The monoisotopic (exact) mass is 206 g/mol. The fourth-order valence-electron chi connectivity index (χ4n) is 1.82. The van der Waals surface area contributed by atoms with Crippen molar-refractivity contribution >= 4 is 21.4 Å². The van der Waals surface area contributed by atoms with Crippen LogP contribution in [0.4, 0.5) is 0 Å². The Morgan fingerprint density at radius 1 is 1.36 bits per heavy atom. The van der Waals surface area contributed by atoms with Crippen LogP contribution in [-0.2, 0) is 6.42 Å². The van der Waals surface area contributed by atoms with Gasteiger partial charge in [0, 0.05) is 15.0 Å². The first-order chi connectivity index (χ1) is 6.77. The zero-order chi connectivity index (χ0) is 10.1. The average Bonchev–Trinajstić information content (AvgIpc) is 2.55. The van der Waals surface area contributed by atoms with Gasteiger partial charge in [-0.15, -0.1) is 11.3 Å². The van der Waals surface area contributed by atoms with Crippen molar-refractivity contribution in [2.75, 3.05) is 7.11 Å². The normalized spacial score (nSPS) is 10.8. The summed E-state index contributed by atoms with van der Waals surface area (Å²) >= 11 is 1.87. The molecule has 2 heteroatoms. The van der Waals surface area contributed by atoms with Crippen LogP contribution in [-0.4, -0.2) is 7.11 Å². The van der Waals surface area contributed by atoms with Gasteiger partial charge in [0.2, 0.25) is 0 Å². The zero-order valence-corrected chi connectivity index (χ0v) is 9.57. The molecule has 0 aliphatic carbocycles. The molecule has 0 N–H and O–H groups in total. The molecule has 1 nitrogen and oxygen atoms in total. The van der Waals surface area contributed by atoms with Crippen LogP contribution in [0.3, 0.4) is 0 Å². The molecule has 0 fully saturated rings. The topological polar surface area (TPSA) is 9.23 Å². The van der Waals surface area contributed by atoms with Gasteiger partial charge in [0.15, 0.2) is 0 Å². The number of hydrogen-bond donors (Lipinski definition) is 0. The highest BCUT2D eigenvalue weighted by atomic mass is 32.1. The first-order valence-corrected chi connectivity index (χ1v) is 5.64. The number of fused-ring (bicyclic) bond motifs is 1. The number of thiophene rings is 1. The van der Waals surface area contributed by atoms with E-state index in [4.69, 9.17) is 4.74 Å². The lowest BCUT2D eigenvalue weighted by Crippen LogP contribution is -1.84. The molecule has 74 valence electrons. The summed E-state index contributed by atoms with van der Waals surface area (Å²) in [6.07, 6.45) is 1.11. The molecule has 1 heterocycles. The van der Waals surface area contributed by atoms with Gasteiger partial charge >= 0.3 is 0 Å². The van der Waals surface area contributed by atoms with Gasteiger partial charge in [0.25, 0.3) is 0 Å². The molecule has 1 aromatic carbocycles. The lowest BCUT2D eigenvalue weighted by atomic mass is 10.1. The van der Waals surface area contributed by atoms with Crippen LogP contribution in [0.1, 0.15) is 17.4 Å². The van der Waals surface area contributed by atoms with E-state index in [1.54, 1.807) is 7.11 Å². The molecule has 0 aliphatic rings. The van der Waals surface area contributed by atoms with Crippen molar-refractivity contribution in [1.29, 1.82) is 0 Å². The van der Waals surface area contributed by atoms with E-state index in [2.05, 4.69) is 26.0 Å². The molecule has 2 rings (SSSR count). The fourth-order valence-corrected chi connectivity index (χ4v) is 2.99. The molecule has 0 saturated carbocycles. The standard InChI is InChI=1S/C12H14OS/c1-4-10-8(2)12-9(13-3)6-5-7-11(12)14-10/h5-7H,4H2,1-3H3. The predicted molar refractivity (Wildman–Crippen MR) is 62.5 cm³/mol. The van der Waals surface area contributed by atoms with Crippen molar-refractivity contribution in [2.45, 2.75) is 20.3 Å². The lowest BCUT2D eigenvalue weighted by Gasteiger charge is -2.02. The van der Waals surface area contributed by atoms with Gasteiger partial charge in [-0.3, -0.25) is 0 Å². The molecular weight excluding hydrogens is 192 g/mol. The van der Waals surface area contributed by atoms with Gasteiger partial charge in [-0.25, -0.2) is 0 Å². The molecule has 0 bridgehead atoms. The highest BCUT2D eigenvalue weighted by Gasteiger charge is 2.10. The molecule has 0 amide bonds. The Bertz CT molecular complexity index is 457. The average molecular weight is 206 g/mol. The Kier molecular flexibility index (Phi) is 2.46. The molecule has 0 unspecified atom stereocenters. The maximum atomic E-state index is 5.37. The van der Waals surface area contributed by atoms with Gasteiger partial charge in [-0.05, 0) is 31.0 Å². The van der Waals surface area contributed by atoms with Crippen LogP contribution in [0.2, 0.25) is 0 Å². The van der Waals surface area contributed by atoms with Gasteiger partial charge in [-0.1, -0.05) is 13.0 Å². The molecule has 0 radical (unpaired) electrons. The summed E-state index contributed by atoms with van der Waals surface area (Å²) in [4.78, 5) is 1.46. The molecule has 0 saturated heterocycles. The second-order valence-corrected chi connectivity index (χ2v) is 4.47. The van der Waals surface area contributed by atoms with Crippen molar-refractivity contribution in [3.63, 3.8) is 0 Å². The molecular formula is C12H14OS. The Morgan fingerprint density at radius 2 is 2.14 bits per heavy atom. The summed E-state index contributed by atoms with van der Waals surface area (Å²) in [5.74, 6) is 0.996. The van der Waals surface area contributed by atoms with E-state index in [-0.39, 0.29) is 0 Å². The summed E-state index contributed by atoms with van der Waals surface area (Å²) in [6.45, 7) is 4.38. The van der Waals surface area contributed by atoms with E-state index in [1.165, 1.54) is 20.5 Å². The highest BCUT2D eigenvalue weighted by Crippen LogP contribution is 2.36. The SMILES string of the molecule is CCc1sc2cccc(OC)c2c1C.